The van der Waals surface area contributed by atoms with Gasteiger partial charge >= 0.3 is 23.7 Å². The molecule has 1 fully saturated rings. The maximum Gasteiger partial charge on any atom is 0.412 e. The van der Waals surface area contributed by atoms with E-state index >= 15 is 8.78 Å². The normalized spacial score (nSPS) is 20.9. The third-order valence-electron chi connectivity index (χ3n) is 5.29. The largest absolute Gasteiger partial charge is 0.453 e. The fourth-order valence-corrected chi connectivity index (χ4v) is 3.46. The molecule has 1 saturated heterocycles. The van der Waals surface area contributed by atoms with E-state index in [1.165, 1.54) is 0 Å². The molecule has 3 rings (SSSR count). The summed E-state index contributed by atoms with van der Waals surface area (Å²) in [6.07, 6.45) is -4.14. The molecule has 0 saturated carbocycles. The lowest BCUT2D eigenvalue weighted by molar-refractivity contribution is -0.176. The van der Waals surface area contributed by atoms with Gasteiger partial charge in [0, 0.05) is 12.6 Å². The summed E-state index contributed by atoms with van der Waals surface area (Å²) in [5.74, 6) is -4.94. The van der Waals surface area contributed by atoms with Crippen LogP contribution in [0.4, 0.5) is 19.4 Å². The first kappa shape index (κ1) is 26.2. The van der Waals surface area contributed by atoms with E-state index in [1.807, 2.05) is 13.0 Å². The molecular formula is C23H27F2N3O7. The summed E-state index contributed by atoms with van der Waals surface area (Å²) < 4.78 is 46.0. The van der Waals surface area contributed by atoms with Crippen molar-refractivity contribution in [3.05, 3.63) is 58.6 Å². The summed E-state index contributed by atoms with van der Waals surface area (Å²) in [6.45, 7) is 1.23. The van der Waals surface area contributed by atoms with Crippen LogP contribution in [0.25, 0.3) is 0 Å². The quantitative estimate of drug-likeness (QED) is 0.380. The predicted octanol–water partition coefficient (Wildman–Crippen LogP) is 2.66. The Morgan fingerprint density at radius 1 is 1.26 bits per heavy atom. The monoisotopic (exact) mass is 495 g/mol. The van der Waals surface area contributed by atoms with Gasteiger partial charge in [0.2, 0.25) is 6.23 Å². The van der Waals surface area contributed by atoms with Gasteiger partial charge in [-0.2, -0.15) is 13.8 Å². The Bertz CT molecular complexity index is 1060. The minimum atomic E-state index is -3.85. The van der Waals surface area contributed by atoms with Gasteiger partial charge < -0.3 is 19.3 Å². The number of nitrogens with zero attached hydrogens (tertiary/aromatic N) is 2. The summed E-state index contributed by atoms with van der Waals surface area (Å²) in [4.78, 5) is 39.9. The van der Waals surface area contributed by atoms with Crippen LogP contribution in [-0.2, 0) is 25.4 Å². The first-order valence-electron chi connectivity index (χ1n) is 11.2. The molecule has 10 nitrogen and oxygen atoms in total. The number of anilines is 1. The Morgan fingerprint density at radius 2 is 2.00 bits per heavy atom. The van der Waals surface area contributed by atoms with E-state index in [0.717, 1.165) is 24.2 Å². The highest BCUT2D eigenvalue weighted by Crippen LogP contribution is 2.44. The van der Waals surface area contributed by atoms with Crippen LogP contribution in [0.3, 0.4) is 0 Å². The fourth-order valence-electron chi connectivity index (χ4n) is 3.46. The number of amides is 1. The van der Waals surface area contributed by atoms with Crippen molar-refractivity contribution < 1.29 is 37.7 Å². The molecule has 2 aromatic rings. The lowest BCUT2D eigenvalue weighted by atomic mass is 10.1. The SMILES string of the molecule is CCCCOC(=O)Nc1ccn([C@@H]2O[C@H](CO)[C@@H](OC(=O)CCc3ccccc3)C2(F)F)c(=O)n1. The fraction of sp³-hybridized carbons (Fsp3) is 0.478. The van der Waals surface area contributed by atoms with Gasteiger partial charge in [0.15, 0.2) is 6.10 Å². The van der Waals surface area contributed by atoms with E-state index in [9.17, 15) is 19.5 Å². The Morgan fingerprint density at radius 3 is 2.66 bits per heavy atom. The molecule has 35 heavy (non-hydrogen) atoms. The van der Waals surface area contributed by atoms with E-state index in [4.69, 9.17) is 14.2 Å². The molecule has 3 atom stereocenters. The molecule has 0 bridgehead atoms. The first-order chi connectivity index (χ1) is 16.8. The van der Waals surface area contributed by atoms with E-state index in [0.29, 0.717) is 11.0 Å². The number of benzene rings is 1. The summed E-state index contributed by atoms with van der Waals surface area (Å²) in [5, 5.41) is 11.8. The standard InChI is InChI=1S/C23H27F2N3O7/c1-2-3-13-33-22(32)27-17-11-12-28(21(31)26-17)20-23(24,25)19(16(14-29)34-20)35-18(30)10-9-15-7-5-4-6-8-15/h4-8,11-12,16,19-20,29H,2-3,9-10,13-14H2,1H3,(H,26,27,31,32)/t16-,19-,20-/m1/s1. The highest BCUT2D eigenvalue weighted by molar-refractivity contribution is 5.83. The van der Waals surface area contributed by atoms with Gasteiger partial charge in [0.05, 0.1) is 13.2 Å². The number of ether oxygens (including phenoxy) is 3. The second-order valence-corrected chi connectivity index (χ2v) is 7.90. The van der Waals surface area contributed by atoms with Crippen molar-refractivity contribution in [2.75, 3.05) is 18.5 Å². The molecule has 1 amide bonds. The number of carbonyl (C=O) groups is 2. The average Bonchev–Trinajstić information content (AvgIpc) is 3.08. The number of aliphatic hydroxyl groups is 1. The van der Waals surface area contributed by atoms with Gasteiger partial charge in [-0.15, -0.1) is 0 Å². The molecule has 0 radical (unpaired) electrons. The highest BCUT2D eigenvalue weighted by Gasteiger charge is 2.62. The van der Waals surface area contributed by atoms with Gasteiger partial charge in [-0.25, -0.2) is 9.59 Å². The second kappa shape index (κ2) is 11.8. The molecule has 1 aromatic carbocycles. The van der Waals surface area contributed by atoms with Gasteiger partial charge in [0.25, 0.3) is 0 Å². The summed E-state index contributed by atoms with van der Waals surface area (Å²) >= 11 is 0. The minimum absolute atomic E-state index is 0.157. The van der Waals surface area contributed by atoms with Crippen molar-refractivity contribution in [1.29, 1.82) is 0 Å². The second-order valence-electron chi connectivity index (χ2n) is 7.90. The lowest BCUT2D eigenvalue weighted by Gasteiger charge is -2.24. The number of hydrogen-bond donors (Lipinski definition) is 2. The number of hydrogen-bond acceptors (Lipinski definition) is 8. The van der Waals surface area contributed by atoms with Crippen molar-refractivity contribution in [1.82, 2.24) is 9.55 Å². The number of carbonyl (C=O) groups excluding carboxylic acids is 2. The number of aromatic nitrogens is 2. The molecule has 0 spiro atoms. The van der Waals surface area contributed by atoms with E-state index in [-0.39, 0.29) is 25.3 Å². The molecule has 1 aliphatic rings. The molecule has 0 aliphatic carbocycles. The number of unbranched alkanes of at least 4 members (excludes halogenated alkanes) is 1. The van der Waals surface area contributed by atoms with Crippen molar-refractivity contribution in [3.63, 3.8) is 0 Å². The van der Waals surface area contributed by atoms with Crippen molar-refractivity contribution in [2.24, 2.45) is 0 Å². The Balaban J connectivity index is 1.68. The molecule has 2 heterocycles. The number of alkyl halides is 2. The van der Waals surface area contributed by atoms with Crippen LogP contribution in [0.1, 0.15) is 38.0 Å². The molecule has 0 unspecified atom stereocenters. The van der Waals surface area contributed by atoms with E-state index < -0.39 is 48.7 Å². The third-order valence-corrected chi connectivity index (χ3v) is 5.29. The van der Waals surface area contributed by atoms with E-state index in [1.54, 1.807) is 24.3 Å². The molecule has 12 heteroatoms. The minimum Gasteiger partial charge on any atom is -0.453 e. The van der Waals surface area contributed by atoms with Crippen molar-refractivity contribution in [2.45, 2.75) is 57.0 Å². The number of halogens is 2. The van der Waals surface area contributed by atoms with Crippen LogP contribution in [0.2, 0.25) is 0 Å². The van der Waals surface area contributed by atoms with Crippen molar-refractivity contribution >= 4 is 17.9 Å². The van der Waals surface area contributed by atoms with E-state index in [2.05, 4.69) is 10.3 Å². The highest BCUT2D eigenvalue weighted by atomic mass is 19.3. The van der Waals surface area contributed by atoms with Crippen LogP contribution < -0.4 is 11.0 Å². The number of rotatable bonds is 10. The maximum atomic E-state index is 15.2. The molecule has 190 valence electrons. The van der Waals surface area contributed by atoms with Crippen LogP contribution in [0.5, 0.6) is 0 Å². The predicted molar refractivity (Wildman–Crippen MR) is 119 cm³/mol. The lowest BCUT2D eigenvalue weighted by Crippen LogP contribution is -2.44. The summed E-state index contributed by atoms with van der Waals surface area (Å²) in [5.41, 5.74) is -0.315. The van der Waals surface area contributed by atoms with Gasteiger partial charge in [0.1, 0.15) is 11.9 Å². The third kappa shape index (κ3) is 6.61. The number of aryl methyl sites for hydroxylation is 1. The summed E-state index contributed by atoms with van der Waals surface area (Å²) in [7, 11) is 0. The van der Waals surface area contributed by atoms with Crippen molar-refractivity contribution in [3.8, 4) is 0 Å². The Labute approximate surface area is 199 Å². The molecule has 1 aromatic heterocycles. The van der Waals surface area contributed by atoms with Gasteiger partial charge in [-0.1, -0.05) is 43.7 Å². The Hall–Kier alpha value is -3.38. The zero-order valence-electron chi connectivity index (χ0n) is 19.1. The molecule has 2 N–H and O–H groups in total. The Kier molecular flexibility index (Phi) is 8.88. The summed E-state index contributed by atoms with van der Waals surface area (Å²) in [6, 6.07) is 10.1. The van der Waals surface area contributed by atoms with Crippen LogP contribution in [-0.4, -0.2) is 58.1 Å². The number of esters is 1. The number of nitrogens with one attached hydrogen (secondary N) is 1. The van der Waals surface area contributed by atoms with Gasteiger partial charge in [-0.3, -0.25) is 14.7 Å². The maximum absolute atomic E-state index is 15.2. The van der Waals surface area contributed by atoms with Crippen LogP contribution in [0.15, 0.2) is 47.4 Å². The van der Waals surface area contributed by atoms with Crippen LogP contribution in [0, 0.1) is 0 Å². The molecule has 1 aliphatic heterocycles. The zero-order valence-corrected chi connectivity index (χ0v) is 19.1. The zero-order chi connectivity index (χ0) is 25.4. The topological polar surface area (TPSA) is 129 Å². The van der Waals surface area contributed by atoms with Crippen LogP contribution >= 0.6 is 0 Å². The number of aliphatic hydroxyl groups excluding tert-OH is 1. The molecular weight excluding hydrogens is 468 g/mol. The first-order valence-corrected chi connectivity index (χ1v) is 11.2. The van der Waals surface area contributed by atoms with Gasteiger partial charge in [-0.05, 0) is 24.5 Å². The average molecular weight is 495 g/mol. The smallest absolute Gasteiger partial charge is 0.412 e.